The topological polar surface area (TPSA) is 39.2 Å². The van der Waals surface area contributed by atoms with E-state index >= 15 is 0 Å². The van der Waals surface area contributed by atoms with Crippen molar-refractivity contribution in [2.75, 3.05) is 0 Å². The second-order valence-electron chi connectivity index (χ2n) is 4.23. The fraction of sp³-hybridized carbons (Fsp3) is 0. The highest BCUT2D eigenvalue weighted by atomic mass is 35.5. The van der Waals surface area contributed by atoms with Crippen molar-refractivity contribution in [2.24, 2.45) is 0 Å². The number of aromatic nitrogens is 1. The fourth-order valence-electron chi connectivity index (χ4n) is 1.97. The maximum atomic E-state index is 11.1. The monoisotopic (exact) mass is 283 g/mol. The van der Waals surface area contributed by atoms with E-state index in [0.717, 1.165) is 17.2 Å². The number of aldehydes is 1. The van der Waals surface area contributed by atoms with Gasteiger partial charge < -0.3 is 4.74 Å². The number of para-hydroxylation sites is 1. The lowest BCUT2D eigenvalue weighted by atomic mass is 10.2. The average molecular weight is 284 g/mol. The van der Waals surface area contributed by atoms with Crippen molar-refractivity contribution >= 4 is 28.8 Å². The molecule has 20 heavy (non-hydrogen) atoms. The highest BCUT2D eigenvalue weighted by Crippen LogP contribution is 2.31. The van der Waals surface area contributed by atoms with Crippen molar-refractivity contribution in [1.82, 2.24) is 4.98 Å². The number of nitrogens with zero attached hydrogens (tertiary/aromatic N) is 1. The molecule has 0 aliphatic rings. The van der Waals surface area contributed by atoms with Gasteiger partial charge in [0.25, 0.3) is 0 Å². The molecule has 0 aliphatic carbocycles. The van der Waals surface area contributed by atoms with E-state index in [9.17, 15) is 4.79 Å². The summed E-state index contributed by atoms with van der Waals surface area (Å²) in [6.45, 7) is 0. The maximum absolute atomic E-state index is 11.1. The van der Waals surface area contributed by atoms with Crippen LogP contribution in [0, 0.1) is 0 Å². The van der Waals surface area contributed by atoms with Crippen LogP contribution in [0.3, 0.4) is 0 Å². The number of carbonyl (C=O) groups is 1. The molecule has 0 amide bonds. The molecule has 0 unspecified atom stereocenters. The molecular weight excluding hydrogens is 274 g/mol. The van der Waals surface area contributed by atoms with E-state index in [1.165, 1.54) is 0 Å². The summed E-state index contributed by atoms with van der Waals surface area (Å²) in [7, 11) is 0. The van der Waals surface area contributed by atoms with Gasteiger partial charge >= 0.3 is 0 Å². The first kappa shape index (κ1) is 12.6. The minimum atomic E-state index is 0.422. The third-order valence-corrected chi connectivity index (χ3v) is 3.15. The number of benzene rings is 2. The van der Waals surface area contributed by atoms with Crippen molar-refractivity contribution in [3.63, 3.8) is 0 Å². The highest BCUT2D eigenvalue weighted by molar-refractivity contribution is 6.30. The van der Waals surface area contributed by atoms with Gasteiger partial charge in [0.15, 0.2) is 12.0 Å². The van der Waals surface area contributed by atoms with Gasteiger partial charge in [-0.1, -0.05) is 29.8 Å². The van der Waals surface area contributed by atoms with E-state index in [4.69, 9.17) is 16.3 Å². The Bertz CT molecular complexity index is 781. The number of pyridine rings is 1. The molecular formula is C16H10ClNO2. The Morgan fingerprint density at radius 3 is 2.75 bits per heavy atom. The fourth-order valence-corrected chi connectivity index (χ4v) is 2.13. The zero-order valence-corrected chi connectivity index (χ0v) is 11.2. The molecule has 4 heteroatoms. The summed E-state index contributed by atoms with van der Waals surface area (Å²) >= 11 is 5.95. The van der Waals surface area contributed by atoms with Crippen molar-refractivity contribution in [2.45, 2.75) is 0 Å². The van der Waals surface area contributed by atoms with E-state index in [1.807, 2.05) is 30.3 Å². The lowest BCUT2D eigenvalue weighted by molar-refractivity contribution is 0.112. The number of carbonyl (C=O) groups excluding carboxylic acids is 1. The quantitative estimate of drug-likeness (QED) is 0.665. The van der Waals surface area contributed by atoms with Gasteiger partial charge in [0.1, 0.15) is 11.3 Å². The molecule has 2 aromatic carbocycles. The zero-order valence-electron chi connectivity index (χ0n) is 10.4. The molecule has 0 aliphatic heterocycles. The molecule has 1 aromatic heterocycles. The maximum Gasteiger partial charge on any atom is 0.153 e. The summed E-state index contributed by atoms with van der Waals surface area (Å²) in [6, 6.07) is 14.4. The second-order valence-corrected chi connectivity index (χ2v) is 4.67. The third kappa shape index (κ3) is 2.36. The number of hydrogen-bond acceptors (Lipinski definition) is 3. The van der Waals surface area contributed by atoms with E-state index in [-0.39, 0.29) is 0 Å². The van der Waals surface area contributed by atoms with Gasteiger partial charge in [-0.25, -0.2) is 0 Å². The third-order valence-electron chi connectivity index (χ3n) is 2.92. The average Bonchev–Trinajstić information content (AvgIpc) is 2.48. The van der Waals surface area contributed by atoms with Crippen LogP contribution in [0.1, 0.15) is 10.4 Å². The molecule has 3 rings (SSSR count). The van der Waals surface area contributed by atoms with Gasteiger partial charge in [0.05, 0.1) is 5.56 Å². The van der Waals surface area contributed by atoms with Gasteiger partial charge in [0, 0.05) is 22.7 Å². The molecule has 0 bridgehead atoms. The molecule has 0 N–H and O–H groups in total. The molecule has 1 heterocycles. The van der Waals surface area contributed by atoms with Crippen LogP contribution < -0.4 is 4.74 Å². The number of hydrogen-bond donors (Lipinski definition) is 0. The van der Waals surface area contributed by atoms with E-state index in [0.29, 0.717) is 22.1 Å². The smallest absolute Gasteiger partial charge is 0.153 e. The van der Waals surface area contributed by atoms with Crippen molar-refractivity contribution in [1.29, 1.82) is 0 Å². The summed E-state index contributed by atoms with van der Waals surface area (Å²) in [5.41, 5.74) is 1.19. The van der Waals surface area contributed by atoms with E-state index in [2.05, 4.69) is 4.98 Å². The van der Waals surface area contributed by atoms with E-state index < -0.39 is 0 Å². The van der Waals surface area contributed by atoms with Gasteiger partial charge in [-0.15, -0.1) is 0 Å². The lowest BCUT2D eigenvalue weighted by Gasteiger charge is -2.10. The number of ether oxygens (including phenoxy) is 1. The van der Waals surface area contributed by atoms with Crippen LogP contribution in [0.2, 0.25) is 5.02 Å². The summed E-state index contributed by atoms with van der Waals surface area (Å²) in [5, 5.41) is 1.48. The Morgan fingerprint density at radius 1 is 1.05 bits per heavy atom. The molecule has 0 saturated carbocycles. The van der Waals surface area contributed by atoms with Gasteiger partial charge in [-0.3, -0.25) is 9.78 Å². The van der Waals surface area contributed by atoms with Crippen molar-refractivity contribution < 1.29 is 9.53 Å². The molecule has 98 valence electrons. The Kier molecular flexibility index (Phi) is 3.35. The number of fused-ring (bicyclic) bond motifs is 1. The first-order chi connectivity index (χ1) is 9.78. The first-order valence-electron chi connectivity index (χ1n) is 6.04. The Hall–Kier alpha value is -2.39. The Labute approximate surface area is 120 Å². The first-order valence-corrected chi connectivity index (χ1v) is 6.42. The standard InChI is InChI=1S/C16H10ClNO2/c17-13-7-6-12(10-19)15(9-13)20-14-5-1-3-11-4-2-8-18-16(11)14/h1-10H. The Morgan fingerprint density at radius 2 is 1.90 bits per heavy atom. The Balaban J connectivity index is 2.10. The summed E-state index contributed by atoms with van der Waals surface area (Å²) in [6.07, 6.45) is 2.44. The molecule has 0 radical (unpaired) electrons. The molecule has 3 nitrogen and oxygen atoms in total. The highest BCUT2D eigenvalue weighted by Gasteiger charge is 2.08. The van der Waals surface area contributed by atoms with Crippen molar-refractivity contribution in [3.8, 4) is 11.5 Å². The van der Waals surface area contributed by atoms with Crippen LogP contribution in [0.25, 0.3) is 10.9 Å². The molecule has 0 spiro atoms. The summed E-state index contributed by atoms with van der Waals surface area (Å²) in [4.78, 5) is 15.4. The minimum absolute atomic E-state index is 0.422. The molecule has 0 saturated heterocycles. The van der Waals surface area contributed by atoms with Crippen LogP contribution >= 0.6 is 11.6 Å². The molecule has 0 fully saturated rings. The zero-order chi connectivity index (χ0) is 13.9. The number of rotatable bonds is 3. The van der Waals surface area contributed by atoms with Crippen LogP contribution in [-0.2, 0) is 0 Å². The predicted molar refractivity (Wildman–Crippen MR) is 78.7 cm³/mol. The normalized spacial score (nSPS) is 10.4. The minimum Gasteiger partial charge on any atom is -0.454 e. The lowest BCUT2D eigenvalue weighted by Crippen LogP contribution is -1.92. The van der Waals surface area contributed by atoms with Crippen LogP contribution in [0.15, 0.2) is 54.7 Å². The summed E-state index contributed by atoms with van der Waals surface area (Å²) < 4.78 is 5.82. The largest absolute Gasteiger partial charge is 0.454 e. The van der Waals surface area contributed by atoms with E-state index in [1.54, 1.807) is 24.4 Å². The summed E-state index contributed by atoms with van der Waals surface area (Å²) in [5.74, 6) is 1.01. The van der Waals surface area contributed by atoms with Gasteiger partial charge in [0.2, 0.25) is 0 Å². The SMILES string of the molecule is O=Cc1ccc(Cl)cc1Oc1cccc2cccnc12. The second kappa shape index (κ2) is 5.31. The van der Waals surface area contributed by atoms with Crippen LogP contribution in [0.4, 0.5) is 0 Å². The van der Waals surface area contributed by atoms with Crippen molar-refractivity contribution in [3.05, 3.63) is 65.3 Å². The molecule has 0 atom stereocenters. The predicted octanol–water partition coefficient (Wildman–Crippen LogP) is 4.49. The van der Waals surface area contributed by atoms with Gasteiger partial charge in [-0.2, -0.15) is 0 Å². The number of halogens is 1. The van der Waals surface area contributed by atoms with Crippen LogP contribution in [0.5, 0.6) is 11.5 Å². The molecule has 3 aromatic rings. The van der Waals surface area contributed by atoms with Gasteiger partial charge in [-0.05, 0) is 24.3 Å². The van der Waals surface area contributed by atoms with Crippen LogP contribution in [-0.4, -0.2) is 11.3 Å².